The number of aromatic hydroxyl groups is 1. The van der Waals surface area contributed by atoms with Crippen LogP contribution in [0.5, 0.6) is 5.75 Å². The van der Waals surface area contributed by atoms with Crippen LogP contribution >= 0.6 is 0 Å². The summed E-state index contributed by atoms with van der Waals surface area (Å²) < 4.78 is 0. The minimum atomic E-state index is -0.795. The first-order valence-electron chi connectivity index (χ1n) is 6.89. The molecule has 4 nitrogen and oxygen atoms in total. The quantitative estimate of drug-likeness (QED) is 0.732. The number of nitrogens with one attached hydrogen (secondary N) is 1. The van der Waals surface area contributed by atoms with E-state index in [1.165, 1.54) is 6.07 Å². The van der Waals surface area contributed by atoms with Crippen molar-refractivity contribution in [2.75, 3.05) is 6.54 Å². The number of amides is 1. The van der Waals surface area contributed by atoms with Gasteiger partial charge in [0.25, 0.3) is 5.91 Å². The van der Waals surface area contributed by atoms with Crippen molar-refractivity contribution in [2.45, 2.75) is 44.1 Å². The molecular formula is C15H21NO3. The fraction of sp³-hybridized carbons (Fsp3) is 0.533. The van der Waals surface area contributed by atoms with Crippen molar-refractivity contribution >= 4 is 5.91 Å². The molecule has 1 aliphatic rings. The number of hydrogen-bond donors (Lipinski definition) is 3. The number of carbonyl (C=O) groups is 1. The van der Waals surface area contributed by atoms with E-state index < -0.39 is 5.60 Å². The fourth-order valence-electron chi connectivity index (χ4n) is 2.57. The van der Waals surface area contributed by atoms with Crippen LogP contribution in [0.15, 0.2) is 24.3 Å². The average molecular weight is 263 g/mol. The first-order chi connectivity index (χ1) is 9.11. The molecule has 0 radical (unpaired) electrons. The fourth-order valence-corrected chi connectivity index (χ4v) is 2.57. The van der Waals surface area contributed by atoms with E-state index in [4.69, 9.17) is 0 Å². The van der Waals surface area contributed by atoms with Crippen LogP contribution in [0.25, 0.3) is 0 Å². The lowest BCUT2D eigenvalue weighted by Crippen LogP contribution is -2.42. The highest BCUT2D eigenvalue weighted by molar-refractivity contribution is 5.96. The van der Waals surface area contributed by atoms with Crippen LogP contribution in [-0.4, -0.2) is 28.3 Å². The first-order valence-corrected chi connectivity index (χ1v) is 6.89. The second-order valence-corrected chi connectivity index (χ2v) is 5.34. The van der Waals surface area contributed by atoms with Crippen molar-refractivity contribution < 1.29 is 15.0 Å². The number of phenols is 1. The van der Waals surface area contributed by atoms with Crippen molar-refractivity contribution in [1.29, 1.82) is 0 Å². The van der Waals surface area contributed by atoms with Crippen LogP contribution in [0.3, 0.4) is 0 Å². The third-order valence-corrected chi connectivity index (χ3v) is 3.76. The van der Waals surface area contributed by atoms with Crippen molar-refractivity contribution in [3.05, 3.63) is 29.8 Å². The number of carbonyl (C=O) groups excluding carboxylic acids is 1. The number of benzene rings is 1. The summed E-state index contributed by atoms with van der Waals surface area (Å²) in [5.41, 5.74) is -0.545. The van der Waals surface area contributed by atoms with E-state index in [-0.39, 0.29) is 23.8 Å². The summed E-state index contributed by atoms with van der Waals surface area (Å²) >= 11 is 0. The molecule has 1 amide bonds. The van der Waals surface area contributed by atoms with E-state index in [0.29, 0.717) is 0 Å². The summed E-state index contributed by atoms with van der Waals surface area (Å²) in [5, 5.41) is 22.8. The highest BCUT2D eigenvalue weighted by Gasteiger charge is 2.28. The Hall–Kier alpha value is -1.55. The molecule has 19 heavy (non-hydrogen) atoms. The molecule has 1 aromatic rings. The molecule has 4 heteroatoms. The normalized spacial score (nSPS) is 18.6. The number of hydrogen-bond acceptors (Lipinski definition) is 3. The lowest BCUT2D eigenvalue weighted by molar-refractivity contribution is 0.0246. The van der Waals surface area contributed by atoms with Gasteiger partial charge < -0.3 is 15.5 Å². The Morgan fingerprint density at radius 2 is 1.79 bits per heavy atom. The molecule has 3 N–H and O–H groups in total. The third-order valence-electron chi connectivity index (χ3n) is 3.76. The summed E-state index contributed by atoms with van der Waals surface area (Å²) in [6.45, 7) is 0.250. The molecule has 0 aliphatic heterocycles. The van der Waals surface area contributed by atoms with Gasteiger partial charge in [-0.05, 0) is 25.0 Å². The lowest BCUT2D eigenvalue weighted by atomic mass is 9.94. The molecule has 0 unspecified atom stereocenters. The molecule has 1 fully saturated rings. The largest absolute Gasteiger partial charge is 0.507 e. The predicted octanol–water partition coefficient (Wildman–Crippen LogP) is 2.21. The van der Waals surface area contributed by atoms with E-state index in [9.17, 15) is 15.0 Å². The zero-order chi connectivity index (χ0) is 13.7. The van der Waals surface area contributed by atoms with Gasteiger partial charge in [-0.3, -0.25) is 4.79 Å². The lowest BCUT2D eigenvalue weighted by Gasteiger charge is -2.26. The molecule has 0 atom stereocenters. The monoisotopic (exact) mass is 263 g/mol. The van der Waals surface area contributed by atoms with Gasteiger partial charge in [0, 0.05) is 6.54 Å². The summed E-state index contributed by atoms with van der Waals surface area (Å²) in [6.07, 6.45) is 5.76. The highest BCUT2D eigenvalue weighted by Crippen LogP contribution is 2.26. The van der Waals surface area contributed by atoms with Crippen molar-refractivity contribution in [3.8, 4) is 5.75 Å². The van der Waals surface area contributed by atoms with E-state index in [1.807, 2.05) is 0 Å². The molecule has 0 bridgehead atoms. The Labute approximate surface area is 113 Å². The zero-order valence-corrected chi connectivity index (χ0v) is 11.1. The van der Waals surface area contributed by atoms with E-state index >= 15 is 0 Å². The van der Waals surface area contributed by atoms with E-state index in [2.05, 4.69) is 5.32 Å². The molecular weight excluding hydrogens is 242 g/mol. The predicted molar refractivity (Wildman–Crippen MR) is 73.1 cm³/mol. The number of aliphatic hydroxyl groups is 1. The number of para-hydroxylation sites is 1. The average Bonchev–Trinajstić information content (AvgIpc) is 2.62. The summed E-state index contributed by atoms with van der Waals surface area (Å²) in [7, 11) is 0. The summed E-state index contributed by atoms with van der Waals surface area (Å²) in [5.74, 6) is -0.372. The molecule has 1 aliphatic carbocycles. The maximum Gasteiger partial charge on any atom is 0.255 e. The van der Waals surface area contributed by atoms with Gasteiger partial charge in [0.05, 0.1) is 11.2 Å². The topological polar surface area (TPSA) is 69.6 Å². The van der Waals surface area contributed by atoms with Gasteiger partial charge in [0.2, 0.25) is 0 Å². The van der Waals surface area contributed by atoms with Crippen molar-refractivity contribution in [2.24, 2.45) is 0 Å². The van der Waals surface area contributed by atoms with Crippen LogP contribution in [0, 0.1) is 0 Å². The number of rotatable bonds is 3. The Balaban J connectivity index is 1.94. The van der Waals surface area contributed by atoms with E-state index in [1.54, 1.807) is 18.2 Å². The smallest absolute Gasteiger partial charge is 0.255 e. The molecule has 2 rings (SSSR count). The first kappa shape index (κ1) is 13.9. The van der Waals surface area contributed by atoms with Gasteiger partial charge in [0.15, 0.2) is 0 Å². The molecule has 0 spiro atoms. The van der Waals surface area contributed by atoms with E-state index in [0.717, 1.165) is 38.5 Å². The zero-order valence-electron chi connectivity index (χ0n) is 11.1. The third kappa shape index (κ3) is 3.70. The molecule has 0 saturated heterocycles. The van der Waals surface area contributed by atoms with Crippen LogP contribution < -0.4 is 5.32 Å². The van der Waals surface area contributed by atoms with Gasteiger partial charge in [-0.1, -0.05) is 37.8 Å². The van der Waals surface area contributed by atoms with Gasteiger partial charge in [-0.2, -0.15) is 0 Å². The summed E-state index contributed by atoms with van der Waals surface area (Å²) in [4.78, 5) is 12.0. The Morgan fingerprint density at radius 1 is 1.16 bits per heavy atom. The van der Waals surface area contributed by atoms with Crippen molar-refractivity contribution in [1.82, 2.24) is 5.32 Å². The Morgan fingerprint density at radius 3 is 2.42 bits per heavy atom. The second-order valence-electron chi connectivity index (χ2n) is 5.34. The van der Waals surface area contributed by atoms with Gasteiger partial charge >= 0.3 is 0 Å². The number of phenolic OH excluding ortho intramolecular Hbond substituents is 1. The van der Waals surface area contributed by atoms with Crippen LogP contribution in [0.4, 0.5) is 0 Å². The minimum Gasteiger partial charge on any atom is -0.507 e. The highest BCUT2D eigenvalue weighted by atomic mass is 16.3. The maximum absolute atomic E-state index is 12.0. The Kier molecular flexibility index (Phi) is 4.43. The van der Waals surface area contributed by atoms with Crippen molar-refractivity contribution in [3.63, 3.8) is 0 Å². The van der Waals surface area contributed by atoms with Gasteiger partial charge in [-0.25, -0.2) is 0 Å². The van der Waals surface area contributed by atoms with Crippen LogP contribution in [0.1, 0.15) is 48.9 Å². The molecule has 104 valence electrons. The van der Waals surface area contributed by atoms with Crippen LogP contribution in [-0.2, 0) is 0 Å². The molecule has 1 aromatic carbocycles. The molecule has 0 heterocycles. The second kappa shape index (κ2) is 6.06. The van der Waals surface area contributed by atoms with Gasteiger partial charge in [-0.15, -0.1) is 0 Å². The standard InChI is InChI=1S/C15H21NO3/c17-13-8-4-3-7-12(13)14(18)16-11-15(19)9-5-1-2-6-10-15/h3-4,7-8,17,19H,1-2,5-6,9-11H2,(H,16,18). The Bertz CT molecular complexity index is 437. The van der Waals surface area contributed by atoms with Crippen LogP contribution in [0.2, 0.25) is 0 Å². The summed E-state index contributed by atoms with van der Waals surface area (Å²) in [6, 6.07) is 6.43. The molecule has 1 saturated carbocycles. The SMILES string of the molecule is O=C(NCC1(O)CCCCCC1)c1ccccc1O. The minimum absolute atomic E-state index is 0.0344. The molecule has 0 aromatic heterocycles. The maximum atomic E-state index is 12.0. The van der Waals surface area contributed by atoms with Gasteiger partial charge in [0.1, 0.15) is 5.75 Å².